The van der Waals surface area contributed by atoms with E-state index in [1.165, 1.54) is 38.8 Å². The van der Waals surface area contributed by atoms with Crippen molar-refractivity contribution in [2.75, 3.05) is 20.1 Å². The lowest BCUT2D eigenvalue weighted by atomic mass is 9.99. The monoisotopic (exact) mass is 171 g/mol. The molecule has 1 nitrogen and oxygen atoms in total. The lowest BCUT2D eigenvalue weighted by Crippen LogP contribution is -2.22. The minimum atomic E-state index is 0.948. The average molecular weight is 171 g/mol. The van der Waals surface area contributed by atoms with Crippen LogP contribution in [0.4, 0.5) is 0 Å². The molecule has 0 aliphatic carbocycles. The molecule has 74 valence electrons. The van der Waals surface area contributed by atoms with Gasteiger partial charge in [0.05, 0.1) is 0 Å². The van der Waals surface area contributed by atoms with E-state index in [0.29, 0.717) is 0 Å². The summed E-state index contributed by atoms with van der Waals surface area (Å²) in [4.78, 5) is 2.44. The minimum Gasteiger partial charge on any atom is -0.306 e. The molecule has 0 aromatic carbocycles. The van der Waals surface area contributed by atoms with E-state index in [-0.39, 0.29) is 0 Å². The Bertz CT molecular complexity index is 87.0. The van der Waals surface area contributed by atoms with Crippen molar-refractivity contribution in [3.8, 4) is 0 Å². The van der Waals surface area contributed by atoms with Gasteiger partial charge in [-0.25, -0.2) is 0 Å². The Morgan fingerprint density at radius 2 is 1.58 bits per heavy atom. The van der Waals surface area contributed by atoms with Gasteiger partial charge in [0.1, 0.15) is 0 Å². The summed E-state index contributed by atoms with van der Waals surface area (Å²) in [5.41, 5.74) is 0. The van der Waals surface area contributed by atoms with E-state index in [1.54, 1.807) is 0 Å². The molecule has 0 amide bonds. The first-order valence-electron chi connectivity index (χ1n) is 5.43. The first-order valence-corrected chi connectivity index (χ1v) is 5.43. The van der Waals surface area contributed by atoms with Gasteiger partial charge in [-0.15, -0.1) is 0 Å². The predicted molar refractivity (Wildman–Crippen MR) is 56.5 cm³/mol. The fraction of sp³-hybridized carbons (Fsp3) is 1.00. The van der Waals surface area contributed by atoms with Crippen LogP contribution in [0.2, 0.25) is 0 Å². The van der Waals surface area contributed by atoms with Crippen molar-refractivity contribution in [2.45, 2.75) is 46.5 Å². The molecule has 0 unspecified atom stereocenters. The lowest BCUT2D eigenvalue weighted by Gasteiger charge is -2.19. The molecule has 0 heterocycles. The highest BCUT2D eigenvalue weighted by atomic mass is 15.1. The number of hydrogen-bond donors (Lipinski definition) is 0. The molecule has 0 rings (SSSR count). The average Bonchev–Trinajstić information content (AvgIpc) is 2.07. The molecule has 0 N–H and O–H groups in total. The summed E-state index contributed by atoms with van der Waals surface area (Å²) in [5.74, 6) is 0.948. The van der Waals surface area contributed by atoms with Crippen LogP contribution in [0.5, 0.6) is 0 Å². The third kappa shape index (κ3) is 5.59. The number of rotatable bonds is 7. The van der Waals surface area contributed by atoms with Crippen LogP contribution in [0, 0.1) is 5.92 Å². The summed E-state index contributed by atoms with van der Waals surface area (Å²) in [7, 11) is 2.23. The molecule has 0 aliphatic heterocycles. The van der Waals surface area contributed by atoms with E-state index in [0.717, 1.165) is 5.92 Å². The van der Waals surface area contributed by atoms with E-state index in [9.17, 15) is 0 Å². The van der Waals surface area contributed by atoms with Crippen LogP contribution in [0.25, 0.3) is 0 Å². The molecule has 0 aromatic rings. The number of hydrogen-bond acceptors (Lipinski definition) is 1. The van der Waals surface area contributed by atoms with Gasteiger partial charge < -0.3 is 4.90 Å². The molecule has 0 aromatic heterocycles. The Morgan fingerprint density at radius 1 is 1.00 bits per heavy atom. The van der Waals surface area contributed by atoms with Crippen molar-refractivity contribution in [1.82, 2.24) is 4.90 Å². The molecule has 1 heteroatoms. The van der Waals surface area contributed by atoms with Crippen LogP contribution in [0.3, 0.4) is 0 Å². The van der Waals surface area contributed by atoms with Crippen molar-refractivity contribution in [2.24, 2.45) is 5.92 Å². The molecular formula is C11H25N. The molecule has 0 atom stereocenters. The van der Waals surface area contributed by atoms with Crippen LogP contribution < -0.4 is 0 Å². The zero-order valence-electron chi connectivity index (χ0n) is 9.27. The smallest absolute Gasteiger partial charge is 0.00192 e. The highest BCUT2D eigenvalue weighted by Gasteiger charge is 2.04. The first-order chi connectivity index (χ1) is 5.74. The van der Waals surface area contributed by atoms with Gasteiger partial charge in [0, 0.05) is 0 Å². The minimum absolute atomic E-state index is 0.948. The largest absolute Gasteiger partial charge is 0.306 e. The maximum Gasteiger partial charge on any atom is -0.00192 e. The summed E-state index contributed by atoms with van der Waals surface area (Å²) in [5, 5.41) is 0. The molecule has 12 heavy (non-hydrogen) atoms. The van der Waals surface area contributed by atoms with Crippen LogP contribution in [-0.4, -0.2) is 25.0 Å². The number of nitrogens with zero attached hydrogens (tertiary/aromatic N) is 1. The lowest BCUT2D eigenvalue weighted by molar-refractivity contribution is 0.294. The van der Waals surface area contributed by atoms with Gasteiger partial charge in [-0.1, -0.05) is 33.6 Å². The molecule has 0 saturated carbocycles. The normalized spacial score (nSPS) is 11.5. The standard InChI is InChI=1S/C11H25N/c1-5-9-12(4)10-8-11(6-2)7-3/h11H,5-10H2,1-4H3. The summed E-state index contributed by atoms with van der Waals surface area (Å²) in [6.07, 6.45) is 5.34. The maximum atomic E-state index is 2.44. The Kier molecular flexibility index (Phi) is 7.58. The molecule has 0 aliphatic rings. The topological polar surface area (TPSA) is 3.24 Å². The molecule has 0 bridgehead atoms. The third-order valence-electron chi connectivity index (χ3n) is 2.68. The van der Waals surface area contributed by atoms with Gasteiger partial charge in [-0.05, 0) is 38.9 Å². The van der Waals surface area contributed by atoms with Crippen molar-refractivity contribution in [3.05, 3.63) is 0 Å². The second kappa shape index (κ2) is 7.60. The zero-order chi connectivity index (χ0) is 9.40. The Balaban J connectivity index is 3.37. The maximum absolute atomic E-state index is 2.44. The summed E-state index contributed by atoms with van der Waals surface area (Å²) >= 11 is 0. The molecule has 0 fully saturated rings. The van der Waals surface area contributed by atoms with Crippen molar-refractivity contribution < 1.29 is 0 Å². The zero-order valence-corrected chi connectivity index (χ0v) is 9.27. The molecule has 0 radical (unpaired) electrons. The van der Waals surface area contributed by atoms with Gasteiger partial charge >= 0.3 is 0 Å². The highest BCUT2D eigenvalue weighted by molar-refractivity contribution is 4.58. The second-order valence-electron chi connectivity index (χ2n) is 3.77. The Labute approximate surface area is 78.1 Å². The molecular weight excluding hydrogens is 146 g/mol. The second-order valence-corrected chi connectivity index (χ2v) is 3.77. The van der Waals surface area contributed by atoms with E-state index >= 15 is 0 Å². The van der Waals surface area contributed by atoms with Crippen LogP contribution in [-0.2, 0) is 0 Å². The van der Waals surface area contributed by atoms with E-state index < -0.39 is 0 Å². The van der Waals surface area contributed by atoms with E-state index in [2.05, 4.69) is 32.7 Å². The molecule has 0 spiro atoms. The van der Waals surface area contributed by atoms with E-state index in [4.69, 9.17) is 0 Å². The van der Waals surface area contributed by atoms with Gasteiger partial charge in [0.2, 0.25) is 0 Å². The van der Waals surface area contributed by atoms with Gasteiger partial charge in [-0.3, -0.25) is 0 Å². The quantitative estimate of drug-likeness (QED) is 0.569. The van der Waals surface area contributed by atoms with Crippen LogP contribution in [0.1, 0.15) is 46.5 Å². The molecule has 0 saturated heterocycles. The fourth-order valence-electron chi connectivity index (χ4n) is 1.59. The van der Waals surface area contributed by atoms with Gasteiger partial charge in [-0.2, -0.15) is 0 Å². The first kappa shape index (κ1) is 12.0. The summed E-state index contributed by atoms with van der Waals surface area (Å²) < 4.78 is 0. The van der Waals surface area contributed by atoms with Gasteiger partial charge in [0.25, 0.3) is 0 Å². The highest BCUT2D eigenvalue weighted by Crippen LogP contribution is 2.12. The van der Waals surface area contributed by atoms with Gasteiger partial charge in [0.15, 0.2) is 0 Å². The fourth-order valence-corrected chi connectivity index (χ4v) is 1.59. The Morgan fingerprint density at radius 3 is 2.00 bits per heavy atom. The van der Waals surface area contributed by atoms with Crippen molar-refractivity contribution in [1.29, 1.82) is 0 Å². The summed E-state index contributed by atoms with van der Waals surface area (Å²) in [6, 6.07) is 0. The van der Waals surface area contributed by atoms with Crippen molar-refractivity contribution >= 4 is 0 Å². The van der Waals surface area contributed by atoms with E-state index in [1.807, 2.05) is 0 Å². The summed E-state index contributed by atoms with van der Waals surface area (Å²) in [6.45, 7) is 9.37. The SMILES string of the molecule is CCCN(C)CCC(CC)CC. The van der Waals surface area contributed by atoms with Crippen LogP contribution >= 0.6 is 0 Å². The predicted octanol–water partition coefficient (Wildman–Crippen LogP) is 3.15. The van der Waals surface area contributed by atoms with Crippen molar-refractivity contribution in [3.63, 3.8) is 0 Å². The Hall–Kier alpha value is -0.0400. The van der Waals surface area contributed by atoms with Crippen LogP contribution in [0.15, 0.2) is 0 Å². The third-order valence-corrected chi connectivity index (χ3v) is 2.68.